The molecule has 0 bridgehead atoms. The molecule has 5 rings (SSSR count). The Morgan fingerprint density at radius 1 is 0.810 bits per heavy atom. The van der Waals surface area contributed by atoms with Gasteiger partial charge in [-0.3, -0.25) is 0 Å². The molecule has 0 aliphatic carbocycles. The zero-order chi connectivity index (χ0) is 14.0. The van der Waals surface area contributed by atoms with Crippen LogP contribution in [0, 0.1) is 6.92 Å². The normalized spacial score (nSPS) is 12.0. The number of benzene rings is 3. The molecule has 2 aromatic heterocycles. The fourth-order valence-electron chi connectivity index (χ4n) is 3.40. The molecule has 3 aromatic carbocycles. The minimum absolute atomic E-state index is 0.331. The number of fused-ring (bicyclic) bond motifs is 4. The average Bonchev–Trinajstić information content (AvgIpc) is 2.82. The van der Waals surface area contributed by atoms with Crippen LogP contribution in [0.5, 0.6) is 0 Å². The van der Waals surface area contributed by atoms with E-state index in [1.807, 2.05) is 0 Å². The summed E-state index contributed by atoms with van der Waals surface area (Å²) in [6.07, 6.45) is 0. The van der Waals surface area contributed by atoms with Crippen LogP contribution in [0.2, 0.25) is 0 Å². The van der Waals surface area contributed by atoms with Gasteiger partial charge in [0.15, 0.2) is 0 Å². The summed E-state index contributed by atoms with van der Waals surface area (Å²) >= 11 is -0.331. The quantitative estimate of drug-likeness (QED) is 0.340. The van der Waals surface area contributed by atoms with E-state index >= 15 is 0 Å². The van der Waals surface area contributed by atoms with Crippen LogP contribution in [0.15, 0.2) is 60.7 Å². The third kappa shape index (κ3) is 1.47. The van der Waals surface area contributed by atoms with Crippen molar-refractivity contribution in [1.29, 1.82) is 0 Å². The number of hydrogen-bond donors (Lipinski definition) is 0. The molecule has 2 heterocycles. The summed E-state index contributed by atoms with van der Waals surface area (Å²) in [4.78, 5) is 0. The first-order valence-corrected chi connectivity index (χ1v) is 9.47. The van der Waals surface area contributed by atoms with E-state index in [1.54, 1.807) is 6.93 Å². The molecule has 21 heavy (non-hydrogen) atoms. The molecule has 100 valence electrons. The second-order valence-corrected chi connectivity index (χ2v) is 8.46. The molecule has 0 fully saturated rings. The van der Waals surface area contributed by atoms with Crippen molar-refractivity contribution in [2.45, 2.75) is 6.92 Å². The molecule has 0 N–H and O–H groups in total. The van der Waals surface area contributed by atoms with Crippen molar-refractivity contribution in [2.75, 3.05) is 0 Å². The summed E-state index contributed by atoms with van der Waals surface area (Å²) in [6, 6.07) is 22.3. The SMILES string of the molecule is Cc1c2ccccc2n2c1[te]c1cccc3cccc2c31. The van der Waals surface area contributed by atoms with Crippen LogP contribution in [-0.2, 0) is 0 Å². The Labute approximate surface area is 132 Å². The molecule has 0 atom stereocenters. The van der Waals surface area contributed by atoms with Crippen LogP contribution in [0.4, 0.5) is 0 Å². The van der Waals surface area contributed by atoms with Crippen LogP contribution in [0.3, 0.4) is 0 Å². The Hall–Kier alpha value is -1.75. The van der Waals surface area contributed by atoms with Crippen LogP contribution in [0.25, 0.3) is 34.1 Å². The van der Waals surface area contributed by atoms with Crippen molar-refractivity contribution >= 4 is 54.6 Å². The zero-order valence-electron chi connectivity index (χ0n) is 11.6. The van der Waals surface area contributed by atoms with E-state index in [9.17, 15) is 0 Å². The number of aryl methyl sites for hydroxylation is 1. The van der Waals surface area contributed by atoms with Gasteiger partial charge < -0.3 is 0 Å². The summed E-state index contributed by atoms with van der Waals surface area (Å²) < 4.78 is 5.65. The number of aromatic nitrogens is 1. The van der Waals surface area contributed by atoms with Crippen molar-refractivity contribution in [1.82, 2.24) is 4.40 Å². The van der Waals surface area contributed by atoms with E-state index in [0.717, 1.165) is 0 Å². The Morgan fingerprint density at radius 3 is 2.48 bits per heavy atom. The van der Waals surface area contributed by atoms with Gasteiger partial charge in [0, 0.05) is 0 Å². The standard InChI is InChI=1S/C19H13NTe/c1-12-14-8-2-3-9-15(14)20-16-10-4-6-13-7-5-11-17(18(13)16)21-19(12)20/h2-11H,1H3. The topological polar surface area (TPSA) is 4.41 Å². The van der Waals surface area contributed by atoms with E-state index in [2.05, 4.69) is 72.0 Å². The van der Waals surface area contributed by atoms with Crippen molar-refractivity contribution < 1.29 is 0 Å². The summed E-state index contributed by atoms with van der Waals surface area (Å²) in [5.41, 5.74) is 4.19. The monoisotopic (exact) mass is 385 g/mol. The van der Waals surface area contributed by atoms with Crippen molar-refractivity contribution in [3.05, 3.63) is 66.2 Å². The number of para-hydroxylation sites is 1. The molecule has 0 saturated carbocycles. The van der Waals surface area contributed by atoms with Gasteiger partial charge in [0.2, 0.25) is 0 Å². The Bertz CT molecular complexity index is 1140. The molecule has 0 saturated heterocycles. The number of rotatable bonds is 0. The Morgan fingerprint density at radius 2 is 1.57 bits per heavy atom. The summed E-state index contributed by atoms with van der Waals surface area (Å²) in [5, 5.41) is 4.24. The van der Waals surface area contributed by atoms with Crippen LogP contribution >= 0.6 is 0 Å². The maximum atomic E-state index is 2.52. The van der Waals surface area contributed by atoms with Gasteiger partial charge in [0.05, 0.1) is 0 Å². The molecule has 0 radical (unpaired) electrons. The minimum atomic E-state index is -0.331. The van der Waals surface area contributed by atoms with E-state index < -0.39 is 0 Å². The Balaban J connectivity index is 2.24. The first kappa shape index (κ1) is 11.9. The third-order valence-corrected chi connectivity index (χ3v) is 7.91. The van der Waals surface area contributed by atoms with Gasteiger partial charge in [-0.25, -0.2) is 0 Å². The van der Waals surface area contributed by atoms with Gasteiger partial charge in [-0.15, -0.1) is 0 Å². The summed E-state index contributed by atoms with van der Waals surface area (Å²) in [6.45, 7) is 2.28. The van der Waals surface area contributed by atoms with Crippen LogP contribution in [0.1, 0.15) is 5.56 Å². The van der Waals surface area contributed by atoms with Gasteiger partial charge >= 0.3 is 132 Å². The van der Waals surface area contributed by atoms with Crippen LogP contribution < -0.4 is 0 Å². The second-order valence-electron chi connectivity index (χ2n) is 5.52. The van der Waals surface area contributed by atoms with E-state index in [1.165, 1.54) is 32.8 Å². The predicted octanol–water partition coefficient (Wildman–Crippen LogP) is 4.76. The summed E-state index contributed by atoms with van der Waals surface area (Å²) in [7, 11) is 0. The molecular formula is C19H13NTe. The van der Waals surface area contributed by atoms with Crippen LogP contribution in [-0.4, -0.2) is 24.8 Å². The first-order chi connectivity index (χ1) is 10.3. The molecule has 0 aliphatic heterocycles. The fraction of sp³-hybridized carbons (Fsp3) is 0.0526. The average molecular weight is 383 g/mol. The molecule has 0 unspecified atom stereocenters. The van der Waals surface area contributed by atoms with Gasteiger partial charge in [0.1, 0.15) is 0 Å². The number of hydrogen-bond acceptors (Lipinski definition) is 0. The molecular weight excluding hydrogens is 370 g/mol. The van der Waals surface area contributed by atoms with Gasteiger partial charge in [-0.2, -0.15) is 0 Å². The van der Waals surface area contributed by atoms with Crippen molar-refractivity contribution in [2.24, 2.45) is 0 Å². The van der Waals surface area contributed by atoms with Gasteiger partial charge in [-0.1, -0.05) is 0 Å². The number of nitrogens with zero attached hydrogens (tertiary/aromatic N) is 1. The first-order valence-electron chi connectivity index (χ1n) is 7.14. The zero-order valence-corrected chi connectivity index (χ0v) is 14.0. The Kier molecular flexibility index (Phi) is 2.33. The molecule has 5 aromatic rings. The third-order valence-electron chi connectivity index (χ3n) is 4.36. The molecule has 0 aliphatic rings. The van der Waals surface area contributed by atoms with Gasteiger partial charge in [0.25, 0.3) is 0 Å². The fourth-order valence-corrected chi connectivity index (χ4v) is 6.91. The predicted molar refractivity (Wildman–Crippen MR) is 91.6 cm³/mol. The molecule has 0 amide bonds. The summed E-state index contributed by atoms with van der Waals surface area (Å²) in [5.74, 6) is 0. The van der Waals surface area contributed by atoms with E-state index in [4.69, 9.17) is 0 Å². The maximum absolute atomic E-state index is 2.52. The van der Waals surface area contributed by atoms with Crippen molar-refractivity contribution in [3.8, 4) is 0 Å². The molecule has 0 spiro atoms. The molecule has 1 nitrogen and oxygen atoms in total. The molecule has 2 heteroatoms. The van der Waals surface area contributed by atoms with E-state index in [0.29, 0.717) is 0 Å². The second kappa shape index (κ2) is 4.13. The van der Waals surface area contributed by atoms with Gasteiger partial charge in [-0.05, 0) is 0 Å². The van der Waals surface area contributed by atoms with Crippen molar-refractivity contribution in [3.63, 3.8) is 0 Å². The van der Waals surface area contributed by atoms with E-state index in [-0.39, 0.29) is 20.4 Å².